The molecule has 154 valence electrons. The van der Waals surface area contributed by atoms with E-state index < -0.39 is 0 Å². The Kier molecular flexibility index (Phi) is 4.58. The van der Waals surface area contributed by atoms with Gasteiger partial charge in [-0.25, -0.2) is 4.98 Å². The number of aromatic nitrogens is 2. The Bertz CT molecular complexity index is 1100. The van der Waals surface area contributed by atoms with Crippen LogP contribution in [0, 0.1) is 6.92 Å². The van der Waals surface area contributed by atoms with E-state index in [1.807, 2.05) is 63.9 Å². The third-order valence-corrected chi connectivity index (χ3v) is 6.69. The minimum absolute atomic E-state index is 0.00382. The lowest BCUT2D eigenvalue weighted by molar-refractivity contribution is 0.0550. The SMILES string of the molecule is COc1ccc(CN2C(=O)c3cccn3[C@H]3CN(C(=O)c4csc(C)n4)C[C@H]32)cc1. The van der Waals surface area contributed by atoms with Gasteiger partial charge in [0.05, 0.1) is 24.2 Å². The van der Waals surface area contributed by atoms with Gasteiger partial charge in [0, 0.05) is 31.2 Å². The summed E-state index contributed by atoms with van der Waals surface area (Å²) in [5.74, 6) is 0.710. The summed E-state index contributed by atoms with van der Waals surface area (Å²) >= 11 is 1.47. The number of hydrogen-bond donors (Lipinski definition) is 0. The molecule has 0 unspecified atom stereocenters. The second kappa shape index (κ2) is 7.28. The van der Waals surface area contributed by atoms with E-state index in [2.05, 4.69) is 4.98 Å². The number of fused-ring (bicyclic) bond motifs is 3. The highest BCUT2D eigenvalue weighted by molar-refractivity contribution is 7.09. The zero-order valence-electron chi connectivity index (χ0n) is 16.8. The molecule has 7 nitrogen and oxygen atoms in total. The van der Waals surface area contributed by atoms with E-state index >= 15 is 0 Å². The first-order valence-electron chi connectivity index (χ1n) is 9.87. The minimum Gasteiger partial charge on any atom is -0.497 e. The second-order valence-corrected chi connectivity index (χ2v) is 8.74. The van der Waals surface area contributed by atoms with Crippen LogP contribution in [-0.4, -0.2) is 57.4 Å². The molecule has 0 aliphatic carbocycles. The fourth-order valence-corrected chi connectivity index (χ4v) is 5.00. The molecule has 4 heterocycles. The molecule has 2 atom stereocenters. The highest BCUT2D eigenvalue weighted by Gasteiger charge is 2.46. The van der Waals surface area contributed by atoms with Crippen molar-refractivity contribution in [2.24, 2.45) is 0 Å². The number of amides is 2. The van der Waals surface area contributed by atoms with Gasteiger partial charge in [-0.3, -0.25) is 9.59 Å². The standard InChI is InChI=1S/C22H22N4O3S/c1-14-23-17(13-30-14)21(27)24-11-19-20(12-24)26(22(28)18-4-3-9-25(18)19)10-15-5-7-16(29-2)8-6-15/h3-9,13,19-20H,10-12H2,1-2H3/t19-,20+/m0/s1. The van der Waals surface area contributed by atoms with E-state index in [9.17, 15) is 9.59 Å². The Hall–Kier alpha value is -3.13. The van der Waals surface area contributed by atoms with Crippen molar-refractivity contribution in [2.75, 3.05) is 20.2 Å². The first kappa shape index (κ1) is 18.9. The number of hydrogen-bond acceptors (Lipinski definition) is 5. The number of nitrogens with zero attached hydrogens (tertiary/aromatic N) is 4. The van der Waals surface area contributed by atoms with Crippen molar-refractivity contribution < 1.29 is 14.3 Å². The Morgan fingerprint density at radius 1 is 1.20 bits per heavy atom. The maximum absolute atomic E-state index is 13.3. The van der Waals surface area contributed by atoms with Gasteiger partial charge in [0.2, 0.25) is 0 Å². The highest BCUT2D eigenvalue weighted by Crippen LogP contribution is 2.35. The second-order valence-electron chi connectivity index (χ2n) is 7.68. The molecule has 1 fully saturated rings. The Balaban J connectivity index is 1.44. The van der Waals surface area contributed by atoms with Gasteiger partial charge in [-0.1, -0.05) is 12.1 Å². The van der Waals surface area contributed by atoms with E-state index in [-0.39, 0.29) is 23.9 Å². The Morgan fingerprint density at radius 2 is 1.97 bits per heavy atom. The zero-order chi connectivity index (χ0) is 20.8. The molecule has 0 bridgehead atoms. The summed E-state index contributed by atoms with van der Waals surface area (Å²) in [6.07, 6.45) is 1.94. The number of methoxy groups -OCH3 is 1. The van der Waals surface area contributed by atoms with Gasteiger partial charge in [-0.2, -0.15) is 0 Å². The summed E-state index contributed by atoms with van der Waals surface area (Å²) < 4.78 is 7.26. The van der Waals surface area contributed by atoms with Crippen LogP contribution in [0.5, 0.6) is 5.75 Å². The highest BCUT2D eigenvalue weighted by atomic mass is 32.1. The van der Waals surface area contributed by atoms with Gasteiger partial charge in [0.15, 0.2) is 0 Å². The molecule has 2 aliphatic heterocycles. The third-order valence-electron chi connectivity index (χ3n) is 5.91. The molecule has 2 aliphatic rings. The van der Waals surface area contributed by atoms with Gasteiger partial charge in [0.25, 0.3) is 11.8 Å². The number of carbonyl (C=O) groups excluding carboxylic acids is 2. The zero-order valence-corrected chi connectivity index (χ0v) is 17.6. The predicted molar refractivity (Wildman–Crippen MR) is 113 cm³/mol. The molecule has 1 saturated heterocycles. The van der Waals surface area contributed by atoms with E-state index in [1.54, 1.807) is 12.5 Å². The third kappa shape index (κ3) is 3.08. The molecule has 2 aromatic heterocycles. The van der Waals surface area contributed by atoms with Gasteiger partial charge in [0.1, 0.15) is 17.1 Å². The van der Waals surface area contributed by atoms with E-state index in [0.717, 1.165) is 16.3 Å². The van der Waals surface area contributed by atoms with Crippen LogP contribution in [0.25, 0.3) is 0 Å². The quantitative estimate of drug-likeness (QED) is 0.648. The van der Waals surface area contributed by atoms with Crippen molar-refractivity contribution in [2.45, 2.75) is 25.6 Å². The number of benzene rings is 1. The predicted octanol–water partition coefficient (Wildman–Crippen LogP) is 2.98. The normalized spacial score (nSPS) is 20.3. The average Bonchev–Trinajstić information content (AvgIpc) is 3.50. The van der Waals surface area contributed by atoms with Crippen LogP contribution < -0.4 is 4.74 Å². The summed E-state index contributed by atoms with van der Waals surface area (Å²) in [7, 11) is 1.63. The molecule has 30 heavy (non-hydrogen) atoms. The molecule has 1 aromatic carbocycles. The maximum atomic E-state index is 13.3. The van der Waals surface area contributed by atoms with Crippen molar-refractivity contribution in [3.05, 3.63) is 69.9 Å². The van der Waals surface area contributed by atoms with E-state index in [4.69, 9.17) is 4.74 Å². The monoisotopic (exact) mass is 422 g/mol. The van der Waals surface area contributed by atoms with Gasteiger partial charge in [-0.15, -0.1) is 11.3 Å². The molecule has 0 radical (unpaired) electrons. The lowest BCUT2D eigenvalue weighted by Crippen LogP contribution is -2.49. The lowest BCUT2D eigenvalue weighted by atomic mass is 10.0. The Labute approximate surface area is 178 Å². The fraction of sp³-hybridized carbons (Fsp3) is 0.318. The van der Waals surface area contributed by atoms with Gasteiger partial charge >= 0.3 is 0 Å². The first-order chi connectivity index (χ1) is 14.5. The van der Waals surface area contributed by atoms with Crippen LogP contribution in [-0.2, 0) is 6.54 Å². The van der Waals surface area contributed by atoms with Crippen LogP contribution in [0.2, 0.25) is 0 Å². The maximum Gasteiger partial charge on any atom is 0.273 e. The molecule has 3 aromatic rings. The molecule has 8 heteroatoms. The van der Waals surface area contributed by atoms with Crippen LogP contribution in [0.15, 0.2) is 48.0 Å². The summed E-state index contributed by atoms with van der Waals surface area (Å²) in [6, 6.07) is 11.5. The molecule has 2 amide bonds. The van der Waals surface area contributed by atoms with Crippen molar-refractivity contribution >= 4 is 23.2 Å². The van der Waals surface area contributed by atoms with Crippen molar-refractivity contribution in [1.29, 1.82) is 0 Å². The minimum atomic E-state index is -0.0804. The number of ether oxygens (including phenoxy) is 1. The van der Waals surface area contributed by atoms with E-state index in [0.29, 0.717) is 31.0 Å². The van der Waals surface area contributed by atoms with Crippen LogP contribution in [0.4, 0.5) is 0 Å². The topological polar surface area (TPSA) is 67.7 Å². The Morgan fingerprint density at radius 3 is 2.67 bits per heavy atom. The fourth-order valence-electron chi connectivity index (χ4n) is 4.42. The summed E-state index contributed by atoms with van der Waals surface area (Å²) in [4.78, 5) is 34.4. The summed E-state index contributed by atoms with van der Waals surface area (Å²) in [6.45, 7) is 3.45. The molecular formula is C22H22N4O3S. The van der Waals surface area contributed by atoms with Crippen LogP contribution >= 0.6 is 11.3 Å². The lowest BCUT2D eigenvalue weighted by Gasteiger charge is -2.38. The molecule has 0 saturated carbocycles. The smallest absolute Gasteiger partial charge is 0.273 e. The largest absolute Gasteiger partial charge is 0.497 e. The molecule has 0 N–H and O–H groups in total. The van der Waals surface area contributed by atoms with Crippen molar-refractivity contribution in [3.8, 4) is 5.75 Å². The van der Waals surface area contributed by atoms with Crippen LogP contribution in [0.3, 0.4) is 0 Å². The summed E-state index contributed by atoms with van der Waals surface area (Å²) in [5.41, 5.74) is 2.18. The molecule has 0 spiro atoms. The van der Waals surface area contributed by atoms with Gasteiger partial charge in [-0.05, 0) is 36.8 Å². The van der Waals surface area contributed by atoms with Gasteiger partial charge < -0.3 is 19.1 Å². The van der Waals surface area contributed by atoms with Crippen molar-refractivity contribution in [1.82, 2.24) is 19.4 Å². The molecule has 5 rings (SSSR count). The van der Waals surface area contributed by atoms with Crippen molar-refractivity contribution in [3.63, 3.8) is 0 Å². The number of thiazole rings is 1. The first-order valence-corrected chi connectivity index (χ1v) is 10.8. The van der Waals surface area contributed by atoms with Crippen LogP contribution in [0.1, 0.15) is 37.6 Å². The average molecular weight is 423 g/mol. The number of rotatable bonds is 4. The number of likely N-dealkylation sites (tertiary alicyclic amines) is 1. The molecular weight excluding hydrogens is 400 g/mol. The summed E-state index contributed by atoms with van der Waals surface area (Å²) in [5, 5.41) is 2.68. The van der Waals surface area contributed by atoms with E-state index in [1.165, 1.54) is 11.3 Å². The number of carbonyl (C=O) groups is 2. The number of aryl methyl sites for hydroxylation is 1.